The number of nitrogens with zero attached hydrogens (tertiary/aromatic N) is 4. The molecule has 35 heavy (non-hydrogen) atoms. The molecule has 4 aromatic rings. The smallest absolute Gasteiger partial charge is 0.252 e. The number of nitrogens with one attached hydrogen (secondary N) is 2. The molecule has 180 valence electrons. The zero-order valence-corrected chi connectivity index (χ0v) is 20.5. The molecule has 2 aromatic carbocycles. The van der Waals surface area contributed by atoms with Gasteiger partial charge in [-0.1, -0.05) is 23.9 Å². The van der Waals surface area contributed by atoms with Gasteiger partial charge in [0.15, 0.2) is 5.16 Å². The molecular weight excluding hydrogens is 464 g/mol. The first kappa shape index (κ1) is 24.1. The average Bonchev–Trinajstić information content (AvgIpc) is 3.49. The van der Waals surface area contributed by atoms with Gasteiger partial charge in [0.1, 0.15) is 17.6 Å². The zero-order valence-electron chi connectivity index (χ0n) is 19.6. The Morgan fingerprint density at radius 2 is 1.66 bits per heavy atom. The summed E-state index contributed by atoms with van der Waals surface area (Å²) in [5, 5.41) is 6.68. The van der Waals surface area contributed by atoms with Crippen LogP contribution in [-0.4, -0.2) is 43.8 Å². The van der Waals surface area contributed by atoms with Crippen LogP contribution in [0.2, 0.25) is 0 Å². The van der Waals surface area contributed by atoms with Gasteiger partial charge in [-0.05, 0) is 42.0 Å². The first-order chi connectivity index (χ1) is 16.9. The Labute approximate surface area is 207 Å². The summed E-state index contributed by atoms with van der Waals surface area (Å²) in [5.74, 6) is 1.27. The van der Waals surface area contributed by atoms with Gasteiger partial charge in [-0.2, -0.15) is 0 Å². The molecule has 10 heteroatoms. The number of aromatic nitrogens is 4. The third-order valence-corrected chi connectivity index (χ3v) is 6.44. The highest BCUT2D eigenvalue weighted by molar-refractivity contribution is 7.99. The second-order valence-corrected chi connectivity index (χ2v) is 8.75. The van der Waals surface area contributed by atoms with Crippen LogP contribution in [0.1, 0.15) is 27.8 Å². The SMILES string of the molecule is COc1ccc([C@@H](NC(=O)c2ccc(NC(=O)CSc3nccn3C)cc2)c2nccn2C)cc1. The second kappa shape index (κ2) is 10.9. The lowest BCUT2D eigenvalue weighted by Crippen LogP contribution is -2.31. The van der Waals surface area contributed by atoms with Crippen molar-refractivity contribution in [3.8, 4) is 5.75 Å². The van der Waals surface area contributed by atoms with E-state index in [1.807, 2.05) is 59.9 Å². The molecule has 2 heterocycles. The molecule has 0 aliphatic rings. The van der Waals surface area contributed by atoms with E-state index in [1.54, 1.807) is 43.8 Å². The number of methoxy groups -OCH3 is 1. The van der Waals surface area contributed by atoms with Gasteiger partial charge in [-0.3, -0.25) is 9.59 Å². The molecule has 0 saturated carbocycles. The highest BCUT2D eigenvalue weighted by atomic mass is 32.2. The van der Waals surface area contributed by atoms with Gasteiger partial charge in [-0.15, -0.1) is 0 Å². The number of carbonyl (C=O) groups excluding carboxylic acids is 2. The van der Waals surface area contributed by atoms with Crippen LogP contribution in [0.25, 0.3) is 0 Å². The molecule has 0 unspecified atom stereocenters. The lowest BCUT2D eigenvalue weighted by atomic mass is 10.0. The number of benzene rings is 2. The summed E-state index contributed by atoms with van der Waals surface area (Å²) >= 11 is 1.36. The van der Waals surface area contributed by atoms with Gasteiger partial charge in [0, 0.05) is 50.1 Å². The molecular formula is C25H26N6O3S. The van der Waals surface area contributed by atoms with E-state index in [2.05, 4.69) is 20.6 Å². The normalized spacial score (nSPS) is 11.6. The van der Waals surface area contributed by atoms with Gasteiger partial charge in [0.05, 0.1) is 12.9 Å². The first-order valence-electron chi connectivity index (χ1n) is 10.9. The van der Waals surface area contributed by atoms with Crippen molar-refractivity contribution in [1.82, 2.24) is 24.4 Å². The third-order valence-electron chi connectivity index (χ3n) is 5.38. The largest absolute Gasteiger partial charge is 0.497 e. The van der Waals surface area contributed by atoms with Crippen molar-refractivity contribution in [2.75, 3.05) is 18.2 Å². The molecule has 2 N–H and O–H groups in total. The van der Waals surface area contributed by atoms with Crippen LogP contribution in [0.5, 0.6) is 5.75 Å². The van der Waals surface area contributed by atoms with E-state index in [0.29, 0.717) is 17.1 Å². The summed E-state index contributed by atoms with van der Waals surface area (Å²) in [7, 11) is 5.37. The monoisotopic (exact) mass is 490 g/mol. The molecule has 0 radical (unpaired) electrons. The van der Waals surface area contributed by atoms with Crippen molar-refractivity contribution >= 4 is 29.3 Å². The number of amides is 2. The van der Waals surface area contributed by atoms with Crippen LogP contribution in [0.3, 0.4) is 0 Å². The Morgan fingerprint density at radius 1 is 0.971 bits per heavy atom. The second-order valence-electron chi connectivity index (χ2n) is 7.81. The van der Waals surface area contributed by atoms with Crippen LogP contribution in [0.4, 0.5) is 5.69 Å². The minimum absolute atomic E-state index is 0.149. The maximum Gasteiger partial charge on any atom is 0.252 e. The maximum atomic E-state index is 13.1. The Balaban J connectivity index is 1.42. The number of hydrogen-bond donors (Lipinski definition) is 2. The number of rotatable bonds is 9. The number of anilines is 1. The van der Waals surface area contributed by atoms with E-state index in [9.17, 15) is 9.59 Å². The highest BCUT2D eigenvalue weighted by Crippen LogP contribution is 2.24. The maximum absolute atomic E-state index is 13.1. The quantitative estimate of drug-likeness (QED) is 0.349. The molecule has 0 aliphatic carbocycles. The number of hydrogen-bond acceptors (Lipinski definition) is 6. The van der Waals surface area contributed by atoms with Crippen molar-refractivity contribution < 1.29 is 14.3 Å². The van der Waals surface area contributed by atoms with Crippen molar-refractivity contribution in [3.05, 3.63) is 90.3 Å². The van der Waals surface area contributed by atoms with Crippen LogP contribution in [0.15, 0.2) is 78.5 Å². The predicted molar refractivity (Wildman–Crippen MR) is 135 cm³/mol. The molecule has 2 aromatic heterocycles. The van der Waals surface area contributed by atoms with Crippen LogP contribution < -0.4 is 15.4 Å². The first-order valence-corrected chi connectivity index (χ1v) is 11.8. The van der Waals surface area contributed by atoms with Crippen molar-refractivity contribution in [3.63, 3.8) is 0 Å². The van der Waals surface area contributed by atoms with Gasteiger partial charge in [0.25, 0.3) is 5.91 Å². The fourth-order valence-corrected chi connectivity index (χ4v) is 4.22. The van der Waals surface area contributed by atoms with Gasteiger partial charge >= 0.3 is 0 Å². The lowest BCUT2D eigenvalue weighted by Gasteiger charge is -2.19. The van der Waals surface area contributed by atoms with Gasteiger partial charge < -0.3 is 24.5 Å². The number of imidazole rings is 2. The Morgan fingerprint density at radius 3 is 2.26 bits per heavy atom. The van der Waals surface area contributed by atoms with Gasteiger partial charge in [-0.25, -0.2) is 9.97 Å². The van der Waals surface area contributed by atoms with Crippen LogP contribution in [-0.2, 0) is 18.9 Å². The summed E-state index contributed by atoms with van der Waals surface area (Å²) in [5.41, 5.74) is 1.96. The number of ether oxygens (including phenoxy) is 1. The Kier molecular flexibility index (Phi) is 7.51. The van der Waals surface area contributed by atoms with E-state index in [4.69, 9.17) is 4.74 Å². The fraction of sp³-hybridized carbons (Fsp3) is 0.200. The molecule has 4 rings (SSSR count). The predicted octanol–water partition coefficient (Wildman–Crippen LogP) is 3.41. The van der Waals surface area contributed by atoms with Crippen LogP contribution >= 0.6 is 11.8 Å². The van der Waals surface area contributed by atoms with Crippen LogP contribution in [0, 0.1) is 0 Å². The number of aryl methyl sites for hydroxylation is 2. The molecule has 0 spiro atoms. The molecule has 9 nitrogen and oxygen atoms in total. The van der Waals surface area contributed by atoms with E-state index in [1.165, 1.54) is 11.8 Å². The molecule has 0 bridgehead atoms. The zero-order chi connectivity index (χ0) is 24.8. The van der Waals surface area contributed by atoms with E-state index in [-0.39, 0.29) is 17.6 Å². The summed E-state index contributed by atoms with van der Waals surface area (Å²) in [6, 6.07) is 13.8. The minimum atomic E-state index is -0.448. The molecule has 0 fully saturated rings. The molecule has 0 saturated heterocycles. The topological polar surface area (TPSA) is 103 Å². The highest BCUT2D eigenvalue weighted by Gasteiger charge is 2.21. The van der Waals surface area contributed by atoms with Crippen molar-refractivity contribution in [2.45, 2.75) is 11.2 Å². The standard InChI is InChI=1S/C25H26N6O3S/c1-30-14-12-26-23(30)22(17-6-10-20(34-3)11-7-17)29-24(33)18-4-8-19(9-5-18)28-21(32)16-35-25-27-13-15-31(25)2/h4-15,22H,16H2,1-3H3,(H,28,32)(H,29,33)/t22-/m1/s1. The molecule has 0 aliphatic heterocycles. The van der Waals surface area contributed by atoms with Crippen molar-refractivity contribution in [2.24, 2.45) is 14.1 Å². The summed E-state index contributed by atoms with van der Waals surface area (Å²) in [6.45, 7) is 0. The minimum Gasteiger partial charge on any atom is -0.497 e. The summed E-state index contributed by atoms with van der Waals surface area (Å²) < 4.78 is 8.98. The van der Waals surface area contributed by atoms with E-state index in [0.717, 1.165) is 16.5 Å². The van der Waals surface area contributed by atoms with E-state index >= 15 is 0 Å². The number of thioether (sulfide) groups is 1. The van der Waals surface area contributed by atoms with Crippen molar-refractivity contribution in [1.29, 1.82) is 0 Å². The fourth-order valence-electron chi connectivity index (χ4n) is 3.49. The number of carbonyl (C=O) groups is 2. The summed E-state index contributed by atoms with van der Waals surface area (Å²) in [4.78, 5) is 34.0. The van der Waals surface area contributed by atoms with Gasteiger partial charge in [0.2, 0.25) is 5.91 Å². The summed E-state index contributed by atoms with van der Waals surface area (Å²) in [6.07, 6.45) is 7.05. The Hall–Kier alpha value is -4.05. The molecule has 2 amide bonds. The Bertz CT molecular complexity index is 1300. The third kappa shape index (κ3) is 5.90. The van der Waals surface area contributed by atoms with E-state index < -0.39 is 6.04 Å². The average molecular weight is 491 g/mol. The lowest BCUT2D eigenvalue weighted by molar-refractivity contribution is -0.113. The molecule has 1 atom stereocenters.